The highest BCUT2D eigenvalue weighted by Crippen LogP contribution is 2.35. The molecule has 2 fully saturated rings. The minimum atomic E-state index is -0.477. The van der Waals surface area contributed by atoms with Crippen LogP contribution in [0.1, 0.15) is 49.1 Å². The molecule has 2 aromatic rings. The molecule has 1 N–H and O–H groups in total. The van der Waals surface area contributed by atoms with Crippen molar-refractivity contribution in [1.82, 2.24) is 4.90 Å². The lowest BCUT2D eigenvalue weighted by Gasteiger charge is -2.37. The van der Waals surface area contributed by atoms with Gasteiger partial charge in [0.25, 0.3) is 5.91 Å². The van der Waals surface area contributed by atoms with Gasteiger partial charge in [-0.1, -0.05) is 31.0 Å². The molecule has 5 heteroatoms. The Hall–Kier alpha value is -2.14. The van der Waals surface area contributed by atoms with E-state index in [1.807, 2.05) is 17.0 Å². The van der Waals surface area contributed by atoms with E-state index in [9.17, 15) is 14.7 Å². The first-order valence-electron chi connectivity index (χ1n) is 9.17. The van der Waals surface area contributed by atoms with Crippen LogP contribution in [-0.4, -0.2) is 34.6 Å². The zero-order valence-electron chi connectivity index (χ0n) is 14.2. The molecule has 1 saturated carbocycles. The van der Waals surface area contributed by atoms with Gasteiger partial charge in [-0.3, -0.25) is 4.79 Å². The monoisotopic (exact) mass is 341 g/mol. The summed E-state index contributed by atoms with van der Waals surface area (Å²) >= 11 is 0. The number of carbonyl (C=O) groups excluding carboxylic acids is 1. The van der Waals surface area contributed by atoms with Gasteiger partial charge in [-0.25, -0.2) is 4.79 Å². The van der Waals surface area contributed by atoms with Crippen LogP contribution in [0.4, 0.5) is 0 Å². The first-order chi connectivity index (χ1) is 12.1. The van der Waals surface area contributed by atoms with E-state index >= 15 is 0 Å². The summed E-state index contributed by atoms with van der Waals surface area (Å²) in [7, 11) is 0. The van der Waals surface area contributed by atoms with E-state index in [4.69, 9.17) is 4.42 Å². The highest BCUT2D eigenvalue weighted by Gasteiger charge is 2.39. The number of amides is 1. The number of benzene rings is 1. The largest absolute Gasteiger partial charge is 0.417 e. The molecule has 25 heavy (non-hydrogen) atoms. The van der Waals surface area contributed by atoms with Crippen molar-refractivity contribution in [3.8, 4) is 0 Å². The molecule has 0 spiro atoms. The lowest BCUT2D eigenvalue weighted by atomic mass is 9.80. The van der Waals surface area contributed by atoms with Crippen LogP contribution in [0.5, 0.6) is 0 Å². The second kappa shape index (κ2) is 6.64. The zero-order chi connectivity index (χ0) is 17.4. The third kappa shape index (κ3) is 2.97. The van der Waals surface area contributed by atoms with Crippen molar-refractivity contribution in [2.45, 2.75) is 50.7 Å². The lowest BCUT2D eigenvalue weighted by Crippen LogP contribution is -2.45. The Labute approximate surface area is 146 Å². The maximum Gasteiger partial charge on any atom is 0.344 e. The molecule has 1 aromatic heterocycles. The van der Waals surface area contributed by atoms with E-state index in [0.717, 1.165) is 43.9 Å². The highest BCUT2D eigenvalue weighted by molar-refractivity contribution is 5.95. The maximum atomic E-state index is 13.0. The van der Waals surface area contributed by atoms with Gasteiger partial charge in [0, 0.05) is 18.5 Å². The Balaban J connectivity index is 1.64. The van der Waals surface area contributed by atoms with E-state index < -0.39 is 5.63 Å². The van der Waals surface area contributed by atoms with Gasteiger partial charge in [-0.2, -0.15) is 0 Å². The molecule has 0 bridgehead atoms. The molecular weight excluding hydrogens is 318 g/mol. The minimum Gasteiger partial charge on any atom is -0.417 e. The van der Waals surface area contributed by atoms with E-state index in [2.05, 4.69) is 0 Å². The number of aliphatic hydroxyl groups is 1. The summed E-state index contributed by atoms with van der Waals surface area (Å²) in [6.07, 6.45) is 5.42. The maximum absolute atomic E-state index is 13.0. The van der Waals surface area contributed by atoms with Gasteiger partial charge in [0.2, 0.25) is 0 Å². The van der Waals surface area contributed by atoms with Crippen LogP contribution in [0.25, 0.3) is 10.8 Å². The summed E-state index contributed by atoms with van der Waals surface area (Å²) in [5, 5.41) is 11.6. The average Bonchev–Trinajstić information content (AvgIpc) is 3.11. The molecule has 1 amide bonds. The van der Waals surface area contributed by atoms with E-state index in [-0.39, 0.29) is 29.7 Å². The van der Waals surface area contributed by atoms with Crippen molar-refractivity contribution in [2.24, 2.45) is 5.92 Å². The first-order valence-corrected chi connectivity index (χ1v) is 9.17. The van der Waals surface area contributed by atoms with Crippen LogP contribution in [0.3, 0.4) is 0 Å². The van der Waals surface area contributed by atoms with Crippen LogP contribution < -0.4 is 5.63 Å². The quantitative estimate of drug-likeness (QED) is 0.912. The molecule has 1 aliphatic heterocycles. The Morgan fingerprint density at radius 3 is 2.76 bits per heavy atom. The summed E-state index contributed by atoms with van der Waals surface area (Å²) in [5.74, 6) is -0.00333. The van der Waals surface area contributed by atoms with Gasteiger partial charge in [-0.05, 0) is 43.2 Å². The number of aliphatic hydroxyl groups excluding tert-OH is 1. The van der Waals surface area contributed by atoms with Gasteiger partial charge in [0.1, 0.15) is 0 Å². The number of hydrogen-bond acceptors (Lipinski definition) is 4. The summed E-state index contributed by atoms with van der Waals surface area (Å²) in [6.45, 7) is 0.656. The van der Waals surface area contributed by atoms with Gasteiger partial charge in [0.15, 0.2) is 5.76 Å². The molecular formula is C20H23NO4. The first kappa shape index (κ1) is 16.3. The Morgan fingerprint density at radius 1 is 1.12 bits per heavy atom. The van der Waals surface area contributed by atoms with Gasteiger partial charge in [0.05, 0.1) is 11.5 Å². The molecule has 1 aliphatic carbocycles. The second-order valence-electron chi connectivity index (χ2n) is 7.21. The van der Waals surface area contributed by atoms with Gasteiger partial charge in [-0.15, -0.1) is 0 Å². The highest BCUT2D eigenvalue weighted by atomic mass is 16.4. The second-order valence-corrected chi connectivity index (χ2v) is 7.21. The van der Waals surface area contributed by atoms with Crippen molar-refractivity contribution >= 4 is 16.7 Å². The van der Waals surface area contributed by atoms with E-state index in [0.29, 0.717) is 11.9 Å². The van der Waals surface area contributed by atoms with Crippen LogP contribution in [0.2, 0.25) is 0 Å². The lowest BCUT2D eigenvalue weighted by molar-refractivity contribution is 0.0198. The molecule has 2 heterocycles. The van der Waals surface area contributed by atoms with E-state index in [1.165, 1.54) is 0 Å². The SMILES string of the molecule is O=C(c1cc2ccccc2c(=O)o1)N1CCCC1C1CCCCC1O. The molecule has 1 saturated heterocycles. The summed E-state index contributed by atoms with van der Waals surface area (Å²) in [6, 6.07) is 8.84. The van der Waals surface area contributed by atoms with Gasteiger partial charge < -0.3 is 14.4 Å². The fourth-order valence-corrected chi connectivity index (χ4v) is 4.46. The van der Waals surface area contributed by atoms with Crippen LogP contribution in [0.15, 0.2) is 39.5 Å². The Morgan fingerprint density at radius 2 is 1.92 bits per heavy atom. The molecule has 1 aromatic carbocycles. The number of likely N-dealkylation sites (tertiary alicyclic amines) is 1. The molecule has 3 unspecified atom stereocenters. The summed E-state index contributed by atoms with van der Waals surface area (Å²) in [4.78, 5) is 27.0. The third-order valence-electron chi connectivity index (χ3n) is 5.72. The normalized spacial score (nSPS) is 26.9. The number of carbonyl (C=O) groups is 1. The third-order valence-corrected chi connectivity index (χ3v) is 5.72. The minimum absolute atomic E-state index is 0.0413. The molecule has 2 aliphatic rings. The Kier molecular flexibility index (Phi) is 4.34. The van der Waals surface area contributed by atoms with Crippen molar-refractivity contribution < 1.29 is 14.3 Å². The predicted molar refractivity (Wildman–Crippen MR) is 94.5 cm³/mol. The Bertz CT molecular complexity index is 843. The molecule has 132 valence electrons. The number of fused-ring (bicyclic) bond motifs is 1. The molecule has 4 rings (SSSR count). The molecule has 3 atom stereocenters. The zero-order valence-corrected chi connectivity index (χ0v) is 14.2. The number of nitrogens with zero attached hydrogens (tertiary/aromatic N) is 1. The van der Waals surface area contributed by atoms with Crippen LogP contribution >= 0.6 is 0 Å². The van der Waals surface area contributed by atoms with Crippen molar-refractivity contribution in [3.05, 3.63) is 46.5 Å². The predicted octanol–water partition coefficient (Wildman–Crippen LogP) is 2.95. The fourth-order valence-electron chi connectivity index (χ4n) is 4.46. The standard InChI is InChI=1S/C20H23NO4/c22-17-10-4-3-8-15(17)16-9-5-11-21(16)19(23)18-12-13-6-1-2-7-14(13)20(24)25-18/h1-2,6-7,12,15-17,22H,3-5,8-11H2. The van der Waals surface area contributed by atoms with E-state index in [1.54, 1.807) is 18.2 Å². The summed E-state index contributed by atoms with van der Waals surface area (Å²) in [5.41, 5.74) is -0.477. The van der Waals surface area contributed by atoms with Crippen molar-refractivity contribution in [3.63, 3.8) is 0 Å². The summed E-state index contributed by atoms with van der Waals surface area (Å²) < 4.78 is 5.32. The van der Waals surface area contributed by atoms with Crippen molar-refractivity contribution in [1.29, 1.82) is 0 Å². The molecule has 0 radical (unpaired) electrons. The van der Waals surface area contributed by atoms with Crippen LogP contribution in [0, 0.1) is 5.92 Å². The topological polar surface area (TPSA) is 70.8 Å². The average molecular weight is 341 g/mol. The van der Waals surface area contributed by atoms with Gasteiger partial charge >= 0.3 is 5.63 Å². The number of rotatable bonds is 2. The van der Waals surface area contributed by atoms with Crippen molar-refractivity contribution in [2.75, 3.05) is 6.54 Å². The number of hydrogen-bond donors (Lipinski definition) is 1. The molecule has 5 nitrogen and oxygen atoms in total. The smallest absolute Gasteiger partial charge is 0.344 e. The van der Waals surface area contributed by atoms with Crippen LogP contribution in [-0.2, 0) is 0 Å². The fraction of sp³-hybridized carbons (Fsp3) is 0.500.